The van der Waals surface area contributed by atoms with Crippen molar-refractivity contribution in [2.75, 3.05) is 12.4 Å². The molecule has 0 saturated carbocycles. The van der Waals surface area contributed by atoms with Crippen LogP contribution in [0.3, 0.4) is 0 Å². The van der Waals surface area contributed by atoms with Gasteiger partial charge in [-0.15, -0.1) is 0 Å². The summed E-state index contributed by atoms with van der Waals surface area (Å²) in [5.74, 6) is -0.167. The molecule has 0 aliphatic heterocycles. The molecule has 0 aliphatic rings. The molecule has 3 rings (SSSR count). The predicted octanol–water partition coefficient (Wildman–Crippen LogP) is 6.23. The van der Waals surface area contributed by atoms with E-state index in [2.05, 4.69) is 5.32 Å². The second-order valence-electron chi connectivity index (χ2n) is 8.57. The minimum atomic E-state index is -4.72. The number of aryl methyl sites for hydroxylation is 1. The van der Waals surface area contributed by atoms with Gasteiger partial charge < -0.3 is 19.1 Å². The fraction of sp³-hybridized carbons (Fsp3) is 0.269. The molecule has 11 heteroatoms. The first kappa shape index (κ1) is 27.9. The van der Waals surface area contributed by atoms with Crippen LogP contribution in [0.5, 0.6) is 11.5 Å². The van der Waals surface area contributed by atoms with Crippen molar-refractivity contribution in [2.24, 2.45) is 0 Å². The zero-order chi connectivity index (χ0) is 27.4. The topological polar surface area (TPSA) is 84.9 Å². The highest BCUT2D eigenvalue weighted by atomic mass is 32.2. The molecule has 0 fully saturated rings. The predicted molar refractivity (Wildman–Crippen MR) is 133 cm³/mol. The van der Waals surface area contributed by atoms with Crippen molar-refractivity contribution in [1.82, 2.24) is 4.90 Å². The fourth-order valence-corrected chi connectivity index (χ4v) is 4.46. The summed E-state index contributed by atoms with van der Waals surface area (Å²) in [4.78, 5) is 13.9. The molecular formula is C26H27F3N2O5S. The Labute approximate surface area is 213 Å². The van der Waals surface area contributed by atoms with Crippen LogP contribution in [0, 0.1) is 6.92 Å². The summed E-state index contributed by atoms with van der Waals surface area (Å²) in [6.45, 7) is 5.66. The largest absolute Gasteiger partial charge is 0.493 e. The Morgan fingerprint density at radius 2 is 1.70 bits per heavy atom. The number of benzene rings is 3. The molecular weight excluding hydrogens is 509 g/mol. The maximum absolute atomic E-state index is 13.1. The lowest BCUT2D eigenvalue weighted by molar-refractivity contribution is -0.137. The van der Waals surface area contributed by atoms with Crippen LogP contribution in [-0.4, -0.2) is 32.5 Å². The van der Waals surface area contributed by atoms with E-state index >= 15 is 0 Å². The standard InChI is InChI=1S/C26H27F3N2O5S/c1-17(2)31(25(32)30-21-9-5-7-18(3)13-21)16-19-11-12-23(35-4)24(14-19)36-37(33,34)22-10-6-8-20(15-22)26(27,28)29/h5-15,17H,16H2,1-4H3,(H,30,32). The first-order valence-corrected chi connectivity index (χ1v) is 12.6. The highest BCUT2D eigenvalue weighted by Gasteiger charge is 2.32. The van der Waals surface area contributed by atoms with E-state index in [1.165, 1.54) is 24.1 Å². The molecule has 0 aliphatic carbocycles. The molecule has 0 saturated heterocycles. The van der Waals surface area contributed by atoms with Crippen LogP contribution >= 0.6 is 0 Å². The average molecular weight is 537 g/mol. The zero-order valence-corrected chi connectivity index (χ0v) is 21.5. The second kappa shape index (κ2) is 11.1. The maximum Gasteiger partial charge on any atom is 0.416 e. The number of alkyl halides is 3. The third-order valence-electron chi connectivity index (χ3n) is 5.38. The summed E-state index contributed by atoms with van der Waals surface area (Å²) in [6.07, 6.45) is -4.72. The number of halogens is 3. The van der Waals surface area contributed by atoms with Gasteiger partial charge in [0.15, 0.2) is 11.5 Å². The molecule has 198 valence electrons. The number of nitrogens with one attached hydrogen (secondary N) is 1. The molecule has 0 aromatic heterocycles. The third-order valence-corrected chi connectivity index (χ3v) is 6.61. The lowest BCUT2D eigenvalue weighted by Gasteiger charge is -2.27. The Kier molecular flexibility index (Phi) is 8.37. The van der Waals surface area contributed by atoms with Gasteiger partial charge in [-0.1, -0.05) is 24.3 Å². The number of amides is 2. The molecule has 0 radical (unpaired) electrons. The highest BCUT2D eigenvalue weighted by molar-refractivity contribution is 7.87. The van der Waals surface area contributed by atoms with E-state index in [0.29, 0.717) is 17.3 Å². The van der Waals surface area contributed by atoms with Gasteiger partial charge in [-0.05, 0) is 74.4 Å². The van der Waals surface area contributed by atoms with E-state index in [1.807, 2.05) is 39.0 Å². The van der Waals surface area contributed by atoms with E-state index in [-0.39, 0.29) is 30.1 Å². The fourth-order valence-electron chi connectivity index (χ4n) is 3.48. The number of carbonyl (C=O) groups is 1. The molecule has 2 amide bonds. The van der Waals surface area contributed by atoms with E-state index in [1.54, 1.807) is 12.1 Å². The van der Waals surface area contributed by atoms with Crippen molar-refractivity contribution in [3.63, 3.8) is 0 Å². The van der Waals surface area contributed by atoms with Crippen molar-refractivity contribution < 1.29 is 35.3 Å². The molecule has 3 aromatic carbocycles. The van der Waals surface area contributed by atoms with Crippen molar-refractivity contribution in [3.8, 4) is 11.5 Å². The Balaban J connectivity index is 1.87. The molecule has 0 atom stereocenters. The number of urea groups is 1. The van der Waals surface area contributed by atoms with Gasteiger partial charge >= 0.3 is 22.3 Å². The first-order valence-electron chi connectivity index (χ1n) is 11.2. The van der Waals surface area contributed by atoms with Gasteiger partial charge in [0.25, 0.3) is 0 Å². The normalized spacial score (nSPS) is 11.8. The number of anilines is 1. The van der Waals surface area contributed by atoms with E-state index in [9.17, 15) is 26.4 Å². The molecule has 0 heterocycles. The van der Waals surface area contributed by atoms with E-state index in [4.69, 9.17) is 8.92 Å². The van der Waals surface area contributed by atoms with E-state index in [0.717, 1.165) is 23.8 Å². The Morgan fingerprint density at radius 3 is 2.32 bits per heavy atom. The quantitative estimate of drug-likeness (QED) is 0.345. The number of ether oxygens (including phenoxy) is 1. The smallest absolute Gasteiger partial charge is 0.416 e. The highest BCUT2D eigenvalue weighted by Crippen LogP contribution is 2.34. The molecule has 0 bridgehead atoms. The molecule has 0 spiro atoms. The summed E-state index contributed by atoms with van der Waals surface area (Å²) in [7, 11) is -3.32. The molecule has 0 unspecified atom stereocenters. The van der Waals surface area contributed by atoms with E-state index < -0.39 is 26.8 Å². The summed E-state index contributed by atoms with van der Waals surface area (Å²) in [5.41, 5.74) is 1.00. The van der Waals surface area contributed by atoms with Crippen LogP contribution in [0.1, 0.15) is 30.5 Å². The van der Waals surface area contributed by atoms with Gasteiger partial charge in [-0.3, -0.25) is 0 Å². The Bertz CT molecular complexity index is 1370. The number of nitrogens with zero attached hydrogens (tertiary/aromatic N) is 1. The van der Waals surface area contributed by atoms with Gasteiger partial charge in [0.05, 0.1) is 12.7 Å². The van der Waals surface area contributed by atoms with Crippen LogP contribution in [0.25, 0.3) is 0 Å². The summed E-state index contributed by atoms with van der Waals surface area (Å²) >= 11 is 0. The van der Waals surface area contributed by atoms with Crippen molar-refractivity contribution in [2.45, 2.75) is 44.4 Å². The minimum Gasteiger partial charge on any atom is -0.493 e. The van der Waals surface area contributed by atoms with Crippen LogP contribution in [-0.2, 0) is 22.8 Å². The molecule has 7 nitrogen and oxygen atoms in total. The second-order valence-corrected chi connectivity index (χ2v) is 10.1. The van der Waals surface area contributed by atoms with Gasteiger partial charge in [0.2, 0.25) is 0 Å². The van der Waals surface area contributed by atoms with Gasteiger partial charge in [0, 0.05) is 18.3 Å². The van der Waals surface area contributed by atoms with Gasteiger partial charge in [-0.2, -0.15) is 21.6 Å². The lowest BCUT2D eigenvalue weighted by atomic mass is 10.1. The van der Waals surface area contributed by atoms with Gasteiger partial charge in [0.1, 0.15) is 4.90 Å². The first-order chi connectivity index (χ1) is 17.3. The summed E-state index contributed by atoms with van der Waals surface area (Å²) in [6, 6.07) is 14.5. The number of methoxy groups -OCH3 is 1. The summed E-state index contributed by atoms with van der Waals surface area (Å²) in [5, 5.41) is 2.84. The maximum atomic E-state index is 13.1. The Morgan fingerprint density at radius 1 is 1.00 bits per heavy atom. The van der Waals surface area contributed by atoms with Crippen LogP contribution < -0.4 is 14.2 Å². The number of hydrogen-bond acceptors (Lipinski definition) is 5. The third kappa shape index (κ3) is 7.16. The zero-order valence-electron chi connectivity index (χ0n) is 20.7. The monoisotopic (exact) mass is 536 g/mol. The number of carbonyl (C=O) groups excluding carboxylic acids is 1. The average Bonchev–Trinajstić information content (AvgIpc) is 2.82. The van der Waals surface area contributed by atoms with Crippen molar-refractivity contribution in [3.05, 3.63) is 83.4 Å². The summed E-state index contributed by atoms with van der Waals surface area (Å²) < 4.78 is 75.2. The molecule has 3 aromatic rings. The lowest BCUT2D eigenvalue weighted by Crippen LogP contribution is -2.39. The van der Waals surface area contributed by atoms with Gasteiger partial charge in [-0.25, -0.2) is 4.79 Å². The minimum absolute atomic E-state index is 0.0552. The molecule has 37 heavy (non-hydrogen) atoms. The SMILES string of the molecule is COc1ccc(CN(C(=O)Nc2cccc(C)c2)C(C)C)cc1OS(=O)(=O)c1cccc(C(F)(F)F)c1. The molecule has 1 N–H and O–H groups in total. The Hall–Kier alpha value is -3.73. The van der Waals surface area contributed by atoms with Crippen LogP contribution in [0.2, 0.25) is 0 Å². The van der Waals surface area contributed by atoms with Crippen LogP contribution in [0.15, 0.2) is 71.6 Å². The number of rotatable bonds is 8. The number of hydrogen-bond donors (Lipinski definition) is 1. The van der Waals surface area contributed by atoms with Crippen molar-refractivity contribution in [1.29, 1.82) is 0 Å². The van der Waals surface area contributed by atoms with Crippen molar-refractivity contribution >= 4 is 21.8 Å². The van der Waals surface area contributed by atoms with Crippen LogP contribution in [0.4, 0.5) is 23.7 Å².